The van der Waals surface area contributed by atoms with E-state index in [2.05, 4.69) is 10.4 Å². The topological polar surface area (TPSA) is 76.5 Å². The predicted molar refractivity (Wildman–Crippen MR) is 106 cm³/mol. The number of hydrogen-bond acceptors (Lipinski definition) is 4. The maximum absolute atomic E-state index is 13.0. The molecule has 0 aliphatic carbocycles. The van der Waals surface area contributed by atoms with E-state index in [1.54, 1.807) is 28.8 Å². The van der Waals surface area contributed by atoms with Gasteiger partial charge in [0.2, 0.25) is 0 Å². The van der Waals surface area contributed by atoms with Crippen LogP contribution in [0.5, 0.6) is 0 Å². The van der Waals surface area contributed by atoms with Crippen LogP contribution in [-0.2, 0) is 31.2 Å². The monoisotopic (exact) mass is 402 g/mol. The SMILES string of the molecule is Cn1nc2c(c1C(=O)NCCc1ccc(F)cc1)CN(C(=O)OC(C)(C)C)CC2. The lowest BCUT2D eigenvalue weighted by Gasteiger charge is -2.29. The van der Waals surface area contributed by atoms with Crippen molar-refractivity contribution >= 4 is 12.0 Å². The van der Waals surface area contributed by atoms with Crippen LogP contribution in [0.4, 0.5) is 9.18 Å². The number of carbonyl (C=O) groups is 2. The number of halogens is 1. The summed E-state index contributed by atoms with van der Waals surface area (Å²) in [6.07, 6.45) is 0.774. The molecule has 0 radical (unpaired) electrons. The quantitative estimate of drug-likeness (QED) is 0.853. The van der Waals surface area contributed by atoms with Crippen LogP contribution in [0, 0.1) is 5.82 Å². The zero-order valence-electron chi connectivity index (χ0n) is 17.3. The van der Waals surface area contributed by atoms with Crippen molar-refractivity contribution in [1.82, 2.24) is 20.0 Å². The third kappa shape index (κ3) is 5.13. The molecule has 0 atom stereocenters. The van der Waals surface area contributed by atoms with Crippen LogP contribution in [0.25, 0.3) is 0 Å². The molecular formula is C21H27FN4O3. The molecule has 0 fully saturated rings. The summed E-state index contributed by atoms with van der Waals surface area (Å²) >= 11 is 0. The number of carbonyl (C=O) groups excluding carboxylic acids is 2. The van der Waals surface area contributed by atoms with E-state index in [0.717, 1.165) is 16.8 Å². The van der Waals surface area contributed by atoms with Crippen molar-refractivity contribution in [3.63, 3.8) is 0 Å². The normalized spacial score (nSPS) is 13.8. The van der Waals surface area contributed by atoms with E-state index in [1.807, 2.05) is 20.8 Å². The molecule has 29 heavy (non-hydrogen) atoms. The number of ether oxygens (including phenoxy) is 1. The van der Waals surface area contributed by atoms with Crippen molar-refractivity contribution < 1.29 is 18.7 Å². The summed E-state index contributed by atoms with van der Waals surface area (Å²) in [6, 6.07) is 6.21. The van der Waals surface area contributed by atoms with Crippen LogP contribution in [0.2, 0.25) is 0 Å². The fourth-order valence-electron chi connectivity index (χ4n) is 3.32. The van der Waals surface area contributed by atoms with Gasteiger partial charge in [-0.1, -0.05) is 12.1 Å². The molecule has 0 bridgehead atoms. The molecule has 2 aromatic rings. The van der Waals surface area contributed by atoms with Crippen LogP contribution in [0.3, 0.4) is 0 Å². The fraction of sp³-hybridized carbons (Fsp3) is 0.476. The van der Waals surface area contributed by atoms with Gasteiger partial charge in [0.05, 0.1) is 12.2 Å². The molecule has 3 rings (SSSR count). The maximum atomic E-state index is 13.0. The number of rotatable bonds is 4. The Morgan fingerprint density at radius 1 is 1.24 bits per heavy atom. The first-order valence-electron chi connectivity index (χ1n) is 9.69. The van der Waals surface area contributed by atoms with Gasteiger partial charge in [0.15, 0.2) is 0 Å². The lowest BCUT2D eigenvalue weighted by molar-refractivity contribution is 0.0222. The molecule has 0 unspecified atom stereocenters. The Kier molecular flexibility index (Phi) is 5.91. The number of aromatic nitrogens is 2. The van der Waals surface area contributed by atoms with Crippen molar-refractivity contribution in [2.24, 2.45) is 7.05 Å². The number of amides is 2. The Balaban J connectivity index is 1.66. The molecule has 0 spiro atoms. The van der Waals surface area contributed by atoms with Crippen molar-refractivity contribution in [1.29, 1.82) is 0 Å². The zero-order valence-corrected chi connectivity index (χ0v) is 17.3. The second-order valence-electron chi connectivity index (χ2n) is 8.18. The van der Waals surface area contributed by atoms with Gasteiger partial charge in [0.1, 0.15) is 17.1 Å². The second kappa shape index (κ2) is 8.23. The van der Waals surface area contributed by atoms with Crippen LogP contribution >= 0.6 is 0 Å². The number of aryl methyl sites for hydroxylation is 1. The van der Waals surface area contributed by atoms with E-state index in [9.17, 15) is 14.0 Å². The summed E-state index contributed by atoms with van der Waals surface area (Å²) < 4.78 is 20.0. The second-order valence-corrected chi connectivity index (χ2v) is 8.18. The Hall–Kier alpha value is -2.90. The molecule has 8 heteroatoms. The first kappa shape index (κ1) is 20.8. The van der Waals surface area contributed by atoms with Crippen LogP contribution < -0.4 is 5.32 Å². The molecule has 7 nitrogen and oxygen atoms in total. The number of fused-ring (bicyclic) bond motifs is 1. The van der Waals surface area contributed by atoms with E-state index in [4.69, 9.17) is 4.74 Å². The minimum atomic E-state index is -0.577. The van der Waals surface area contributed by atoms with E-state index >= 15 is 0 Å². The zero-order chi connectivity index (χ0) is 21.2. The Bertz CT molecular complexity index is 900. The Morgan fingerprint density at radius 3 is 2.59 bits per heavy atom. The van der Waals surface area contributed by atoms with Gasteiger partial charge < -0.3 is 15.0 Å². The molecular weight excluding hydrogens is 375 g/mol. The molecule has 0 saturated heterocycles. The summed E-state index contributed by atoms with van der Waals surface area (Å²) in [5.74, 6) is -0.525. The molecule has 1 aliphatic rings. The largest absolute Gasteiger partial charge is 0.444 e. The van der Waals surface area contributed by atoms with Gasteiger partial charge >= 0.3 is 6.09 Å². The number of hydrogen-bond donors (Lipinski definition) is 1. The molecule has 2 heterocycles. The molecule has 1 aromatic heterocycles. The van der Waals surface area contributed by atoms with Gasteiger partial charge in [-0.05, 0) is 44.9 Å². The summed E-state index contributed by atoms with van der Waals surface area (Å²) in [5, 5.41) is 7.35. The standard InChI is InChI=1S/C21H27FN4O3/c1-21(2,3)29-20(28)26-12-10-17-16(13-26)18(25(4)24-17)19(27)23-11-9-14-5-7-15(22)8-6-14/h5-8H,9-13H2,1-4H3,(H,23,27). The van der Waals surface area contributed by atoms with Gasteiger partial charge in [-0.2, -0.15) is 5.10 Å². The van der Waals surface area contributed by atoms with Crippen molar-refractivity contribution in [3.8, 4) is 0 Å². The van der Waals surface area contributed by atoms with Gasteiger partial charge in [-0.15, -0.1) is 0 Å². The smallest absolute Gasteiger partial charge is 0.410 e. The molecule has 2 amide bonds. The number of benzene rings is 1. The lowest BCUT2D eigenvalue weighted by atomic mass is 10.1. The average molecular weight is 402 g/mol. The first-order chi connectivity index (χ1) is 13.6. The van der Waals surface area contributed by atoms with Crippen molar-refractivity contribution in [2.45, 2.75) is 45.8 Å². The first-order valence-corrected chi connectivity index (χ1v) is 9.69. The molecule has 1 N–H and O–H groups in total. The highest BCUT2D eigenvalue weighted by molar-refractivity contribution is 5.94. The number of nitrogens with zero attached hydrogens (tertiary/aromatic N) is 3. The van der Waals surface area contributed by atoms with E-state index < -0.39 is 11.7 Å². The van der Waals surface area contributed by atoms with E-state index in [-0.39, 0.29) is 11.7 Å². The summed E-state index contributed by atoms with van der Waals surface area (Å²) in [6.45, 7) is 6.68. The van der Waals surface area contributed by atoms with Crippen LogP contribution in [0.1, 0.15) is 48.1 Å². The minimum Gasteiger partial charge on any atom is -0.444 e. The average Bonchev–Trinajstić information content (AvgIpc) is 2.96. The highest BCUT2D eigenvalue weighted by atomic mass is 19.1. The van der Waals surface area contributed by atoms with Crippen molar-refractivity contribution in [3.05, 3.63) is 52.6 Å². The van der Waals surface area contributed by atoms with Gasteiger partial charge in [-0.3, -0.25) is 9.48 Å². The van der Waals surface area contributed by atoms with Crippen LogP contribution in [0.15, 0.2) is 24.3 Å². The van der Waals surface area contributed by atoms with Gasteiger partial charge in [0.25, 0.3) is 5.91 Å². The minimum absolute atomic E-state index is 0.241. The molecule has 0 saturated carbocycles. The molecule has 1 aromatic carbocycles. The van der Waals surface area contributed by atoms with Gasteiger partial charge in [0, 0.05) is 32.1 Å². The molecule has 156 valence electrons. The van der Waals surface area contributed by atoms with E-state index in [1.165, 1.54) is 12.1 Å². The summed E-state index contributed by atoms with van der Waals surface area (Å²) in [7, 11) is 1.73. The Labute approximate surface area is 169 Å². The third-order valence-corrected chi connectivity index (χ3v) is 4.68. The fourth-order valence-corrected chi connectivity index (χ4v) is 3.32. The maximum Gasteiger partial charge on any atom is 0.410 e. The highest BCUT2D eigenvalue weighted by Crippen LogP contribution is 2.23. The summed E-state index contributed by atoms with van der Waals surface area (Å²) in [4.78, 5) is 26.8. The van der Waals surface area contributed by atoms with E-state index in [0.29, 0.717) is 38.2 Å². The highest BCUT2D eigenvalue weighted by Gasteiger charge is 2.31. The van der Waals surface area contributed by atoms with Crippen molar-refractivity contribution in [2.75, 3.05) is 13.1 Å². The third-order valence-electron chi connectivity index (χ3n) is 4.68. The summed E-state index contributed by atoms with van der Waals surface area (Å²) in [5.41, 5.74) is 2.40. The van der Waals surface area contributed by atoms with Gasteiger partial charge in [-0.25, -0.2) is 9.18 Å². The van der Waals surface area contributed by atoms with Crippen LogP contribution in [-0.4, -0.2) is 45.4 Å². The molecule has 1 aliphatic heterocycles. The predicted octanol–water partition coefficient (Wildman–Crippen LogP) is 2.82. The lowest BCUT2D eigenvalue weighted by Crippen LogP contribution is -2.40. The number of nitrogens with one attached hydrogen (secondary N) is 1. The Morgan fingerprint density at radius 2 is 1.93 bits per heavy atom.